The van der Waals surface area contributed by atoms with Crippen LogP contribution in [0.4, 0.5) is 5.69 Å². The fraction of sp³-hybridized carbons (Fsp3) is 0.0476. The summed E-state index contributed by atoms with van der Waals surface area (Å²) in [5.41, 5.74) is 1.48. The van der Waals surface area contributed by atoms with Gasteiger partial charge in [-0.15, -0.1) is 11.3 Å². The molecule has 1 N–H and O–H groups in total. The molecule has 0 saturated heterocycles. The minimum Gasteiger partial charge on any atom is -0.486 e. The van der Waals surface area contributed by atoms with Crippen LogP contribution in [0.3, 0.4) is 0 Å². The monoisotopic (exact) mass is 462 g/mol. The number of thiophene rings is 1. The van der Waals surface area contributed by atoms with Gasteiger partial charge in [-0.2, -0.15) is 0 Å². The molecule has 0 atom stereocenters. The lowest BCUT2D eigenvalue weighted by atomic mass is 10.2. The Morgan fingerprint density at radius 1 is 1.03 bits per heavy atom. The third-order valence-electron chi connectivity index (χ3n) is 4.10. The number of rotatable bonds is 5. The third kappa shape index (κ3) is 4.49. The number of halogens is 3. The number of carbonyl (C=O) groups excluding carboxylic acids is 1. The highest BCUT2D eigenvalue weighted by atomic mass is 35.5. The average Bonchev–Trinajstić information content (AvgIpc) is 3.09. The molecule has 2 heterocycles. The van der Waals surface area contributed by atoms with Crippen molar-refractivity contribution in [3.05, 3.63) is 86.3 Å². The predicted molar refractivity (Wildman–Crippen MR) is 120 cm³/mol. The number of nitrogens with zero attached hydrogens (tertiary/aromatic N) is 1. The molecular weight excluding hydrogens is 451 g/mol. The van der Waals surface area contributed by atoms with E-state index in [4.69, 9.17) is 39.5 Å². The summed E-state index contributed by atoms with van der Waals surface area (Å²) in [6, 6.07) is 15.9. The minimum atomic E-state index is -0.278. The number of amides is 1. The van der Waals surface area contributed by atoms with Crippen molar-refractivity contribution in [2.45, 2.75) is 6.61 Å². The summed E-state index contributed by atoms with van der Waals surface area (Å²) < 4.78 is 6.04. The molecule has 0 saturated carbocycles. The molecular formula is C21H13Cl3N2O2S. The quantitative estimate of drug-likeness (QED) is 0.344. The first-order valence-electron chi connectivity index (χ1n) is 8.52. The van der Waals surface area contributed by atoms with E-state index in [2.05, 4.69) is 10.3 Å². The summed E-state index contributed by atoms with van der Waals surface area (Å²) in [7, 11) is 0. The van der Waals surface area contributed by atoms with E-state index in [0.717, 1.165) is 15.8 Å². The highest BCUT2D eigenvalue weighted by Gasteiger charge is 2.21. The van der Waals surface area contributed by atoms with Crippen molar-refractivity contribution in [3.8, 4) is 5.75 Å². The Kier molecular flexibility index (Phi) is 5.92. The van der Waals surface area contributed by atoms with Gasteiger partial charge in [0.25, 0.3) is 5.91 Å². The number of hydrogen-bond donors (Lipinski definition) is 1. The van der Waals surface area contributed by atoms with E-state index in [1.54, 1.807) is 42.6 Å². The van der Waals surface area contributed by atoms with Gasteiger partial charge in [0, 0.05) is 16.9 Å². The number of ether oxygens (including phenoxy) is 1. The highest BCUT2D eigenvalue weighted by Crippen LogP contribution is 2.37. The second-order valence-corrected chi connectivity index (χ2v) is 8.36. The Bertz CT molecular complexity index is 1190. The topological polar surface area (TPSA) is 51.2 Å². The zero-order chi connectivity index (χ0) is 20.4. The first kappa shape index (κ1) is 20.0. The maximum atomic E-state index is 12.9. The summed E-state index contributed by atoms with van der Waals surface area (Å²) >= 11 is 19.2. The molecule has 0 fully saturated rings. The van der Waals surface area contributed by atoms with E-state index in [1.807, 2.05) is 18.2 Å². The van der Waals surface area contributed by atoms with Gasteiger partial charge in [-0.3, -0.25) is 4.79 Å². The molecule has 0 radical (unpaired) electrons. The van der Waals surface area contributed by atoms with Crippen molar-refractivity contribution < 1.29 is 9.53 Å². The van der Waals surface area contributed by atoms with Gasteiger partial charge in [-0.25, -0.2) is 4.98 Å². The molecule has 2 aromatic heterocycles. The van der Waals surface area contributed by atoms with Crippen LogP contribution >= 0.6 is 46.1 Å². The van der Waals surface area contributed by atoms with Crippen LogP contribution in [0.2, 0.25) is 15.1 Å². The molecule has 4 rings (SSSR count). The molecule has 2 aromatic carbocycles. The molecule has 146 valence electrons. The van der Waals surface area contributed by atoms with Crippen molar-refractivity contribution in [1.82, 2.24) is 4.98 Å². The van der Waals surface area contributed by atoms with Crippen LogP contribution in [-0.2, 0) is 6.61 Å². The Morgan fingerprint density at radius 2 is 1.83 bits per heavy atom. The van der Waals surface area contributed by atoms with E-state index >= 15 is 0 Å². The summed E-state index contributed by atoms with van der Waals surface area (Å²) in [4.78, 5) is 18.4. The average molecular weight is 464 g/mol. The van der Waals surface area contributed by atoms with Crippen molar-refractivity contribution >= 4 is 68.0 Å². The Labute approximate surface area is 186 Å². The van der Waals surface area contributed by atoms with Crippen LogP contribution in [0.1, 0.15) is 15.2 Å². The Balaban J connectivity index is 1.63. The lowest BCUT2D eigenvalue weighted by molar-refractivity contribution is 0.102. The third-order valence-corrected chi connectivity index (χ3v) is 6.18. The Morgan fingerprint density at radius 3 is 2.59 bits per heavy atom. The van der Waals surface area contributed by atoms with Crippen LogP contribution in [0, 0.1) is 0 Å². The highest BCUT2D eigenvalue weighted by molar-refractivity contribution is 7.21. The molecule has 0 aliphatic heterocycles. The molecule has 4 nitrogen and oxygen atoms in total. The molecule has 0 aliphatic carbocycles. The maximum absolute atomic E-state index is 12.9. The van der Waals surface area contributed by atoms with Gasteiger partial charge in [-0.1, -0.05) is 40.9 Å². The van der Waals surface area contributed by atoms with E-state index in [9.17, 15) is 4.79 Å². The van der Waals surface area contributed by atoms with Gasteiger partial charge in [-0.05, 0) is 54.1 Å². The zero-order valence-corrected chi connectivity index (χ0v) is 17.9. The van der Waals surface area contributed by atoms with Crippen LogP contribution in [0.15, 0.2) is 60.8 Å². The number of nitrogens with one attached hydrogen (secondary N) is 1. The van der Waals surface area contributed by atoms with Gasteiger partial charge in [0.15, 0.2) is 5.75 Å². The van der Waals surface area contributed by atoms with Crippen molar-refractivity contribution in [1.29, 1.82) is 0 Å². The fourth-order valence-electron chi connectivity index (χ4n) is 2.71. The second kappa shape index (κ2) is 8.59. The van der Waals surface area contributed by atoms with Crippen LogP contribution in [0.25, 0.3) is 10.2 Å². The molecule has 29 heavy (non-hydrogen) atoms. The van der Waals surface area contributed by atoms with E-state index in [1.165, 1.54) is 11.3 Å². The number of carbonyl (C=O) groups is 1. The van der Waals surface area contributed by atoms with Gasteiger partial charge in [0.2, 0.25) is 0 Å². The van der Waals surface area contributed by atoms with Gasteiger partial charge >= 0.3 is 0 Å². The van der Waals surface area contributed by atoms with Crippen molar-refractivity contribution in [3.63, 3.8) is 0 Å². The standard InChI is InChI=1S/C21H13Cl3N2O2S/c22-13-4-6-14(7-5-13)26-20(27)19-18(15-2-1-9-25-21(15)29-19)28-11-12-3-8-16(23)17(24)10-12/h1-10H,11H2,(H,26,27). The van der Waals surface area contributed by atoms with Crippen LogP contribution in [-0.4, -0.2) is 10.9 Å². The predicted octanol–water partition coefficient (Wildman–Crippen LogP) is 7.09. The molecule has 1 amide bonds. The first-order chi connectivity index (χ1) is 14.0. The maximum Gasteiger partial charge on any atom is 0.269 e. The van der Waals surface area contributed by atoms with Gasteiger partial charge in [0.05, 0.1) is 15.4 Å². The Hall–Kier alpha value is -2.31. The molecule has 4 aromatic rings. The van der Waals surface area contributed by atoms with Crippen LogP contribution < -0.4 is 10.1 Å². The minimum absolute atomic E-state index is 0.235. The fourth-order valence-corrected chi connectivity index (χ4v) is 4.14. The molecule has 8 heteroatoms. The number of benzene rings is 2. The largest absolute Gasteiger partial charge is 0.486 e. The van der Waals surface area contributed by atoms with Crippen molar-refractivity contribution in [2.24, 2.45) is 0 Å². The zero-order valence-electron chi connectivity index (χ0n) is 14.8. The molecule has 0 spiro atoms. The lowest BCUT2D eigenvalue weighted by Gasteiger charge is -2.10. The normalized spacial score (nSPS) is 10.9. The number of aromatic nitrogens is 1. The van der Waals surface area contributed by atoms with E-state index < -0.39 is 0 Å². The number of anilines is 1. The summed E-state index contributed by atoms with van der Waals surface area (Å²) in [6.45, 7) is 0.235. The lowest BCUT2D eigenvalue weighted by Crippen LogP contribution is -2.11. The van der Waals surface area contributed by atoms with Crippen LogP contribution in [0.5, 0.6) is 5.75 Å². The smallest absolute Gasteiger partial charge is 0.269 e. The van der Waals surface area contributed by atoms with Gasteiger partial charge in [0.1, 0.15) is 16.3 Å². The van der Waals surface area contributed by atoms with Crippen molar-refractivity contribution in [2.75, 3.05) is 5.32 Å². The second-order valence-electron chi connectivity index (χ2n) is 6.11. The summed E-state index contributed by atoms with van der Waals surface area (Å²) in [5.74, 6) is 0.204. The molecule has 0 aliphatic rings. The van der Waals surface area contributed by atoms with E-state index in [0.29, 0.717) is 31.4 Å². The molecule has 0 bridgehead atoms. The SMILES string of the molecule is O=C(Nc1ccc(Cl)cc1)c1sc2ncccc2c1OCc1ccc(Cl)c(Cl)c1. The number of hydrogen-bond acceptors (Lipinski definition) is 4. The first-order valence-corrected chi connectivity index (χ1v) is 10.5. The van der Waals surface area contributed by atoms with E-state index in [-0.39, 0.29) is 12.5 Å². The summed E-state index contributed by atoms with van der Waals surface area (Å²) in [6.07, 6.45) is 1.68. The van der Waals surface area contributed by atoms with Gasteiger partial charge < -0.3 is 10.1 Å². The molecule has 0 unspecified atom stereocenters. The summed E-state index contributed by atoms with van der Waals surface area (Å²) in [5, 5.41) is 5.17. The number of pyridine rings is 1. The number of fused-ring (bicyclic) bond motifs is 1.